The number of aromatic nitrogens is 2. The standard InChI is InChI=1S/C52H28N6/c53-29-33-13-17-35(18-14-33)37-21-23-44-42-9-3-5-11-47(42)57(49(44)25-37)51-27-40(41-8-2-1-7-39(41)31-55)28-52(46(51)32-56)58-48-12-6-4-10-43(48)45-24-22-38(26-50(45)58)36-19-15-34(30-54)16-20-36/h1-28H. The lowest BCUT2D eigenvalue weighted by Gasteiger charge is -2.19. The number of hydrogen-bond acceptors (Lipinski definition) is 4. The van der Waals surface area contributed by atoms with Gasteiger partial charge in [0.05, 0.1) is 68.3 Å². The van der Waals surface area contributed by atoms with Crippen molar-refractivity contribution in [2.45, 2.75) is 0 Å². The molecule has 8 aromatic carbocycles. The van der Waals surface area contributed by atoms with Crippen LogP contribution >= 0.6 is 0 Å². The number of benzene rings is 8. The molecule has 2 aromatic heterocycles. The van der Waals surface area contributed by atoms with E-state index in [0.717, 1.165) is 77.0 Å². The molecule has 0 atom stereocenters. The Labute approximate surface area is 333 Å². The molecule has 2 heterocycles. The van der Waals surface area contributed by atoms with Crippen molar-refractivity contribution in [1.29, 1.82) is 21.0 Å². The molecule has 0 N–H and O–H groups in total. The number of rotatable bonds is 5. The largest absolute Gasteiger partial charge is 0.308 e. The minimum absolute atomic E-state index is 0.469. The highest BCUT2D eigenvalue weighted by molar-refractivity contribution is 6.12. The molecule has 0 saturated heterocycles. The van der Waals surface area contributed by atoms with Crippen molar-refractivity contribution in [2.24, 2.45) is 0 Å². The highest BCUT2D eigenvalue weighted by atomic mass is 15.0. The zero-order chi connectivity index (χ0) is 39.3. The van der Waals surface area contributed by atoms with Crippen LogP contribution in [0.1, 0.15) is 22.3 Å². The summed E-state index contributed by atoms with van der Waals surface area (Å²) in [6.07, 6.45) is 0. The first-order valence-corrected chi connectivity index (χ1v) is 18.7. The predicted molar refractivity (Wildman–Crippen MR) is 230 cm³/mol. The maximum atomic E-state index is 11.4. The van der Waals surface area contributed by atoms with Crippen LogP contribution in [0.25, 0.3) is 88.4 Å². The Morgan fingerprint density at radius 1 is 0.328 bits per heavy atom. The van der Waals surface area contributed by atoms with Crippen molar-refractivity contribution in [3.63, 3.8) is 0 Å². The number of hydrogen-bond donors (Lipinski definition) is 0. The molecular formula is C52H28N6. The summed E-state index contributed by atoms with van der Waals surface area (Å²) in [6, 6.07) is 65.4. The van der Waals surface area contributed by atoms with E-state index in [1.54, 1.807) is 0 Å². The van der Waals surface area contributed by atoms with E-state index >= 15 is 0 Å². The molecule has 6 nitrogen and oxygen atoms in total. The molecule has 0 radical (unpaired) electrons. The highest BCUT2D eigenvalue weighted by Gasteiger charge is 2.23. The normalized spacial score (nSPS) is 11.0. The second-order valence-corrected chi connectivity index (χ2v) is 14.2. The molecule has 0 spiro atoms. The number of fused-ring (bicyclic) bond motifs is 6. The van der Waals surface area contributed by atoms with Crippen molar-refractivity contribution in [3.8, 4) is 69.0 Å². The van der Waals surface area contributed by atoms with Gasteiger partial charge in [-0.15, -0.1) is 0 Å². The van der Waals surface area contributed by atoms with Gasteiger partial charge in [0, 0.05) is 21.5 Å². The average molecular weight is 737 g/mol. The number of nitriles is 4. The van der Waals surface area contributed by atoms with Gasteiger partial charge in [0.1, 0.15) is 11.6 Å². The maximum Gasteiger partial charge on any atom is 0.104 e. The van der Waals surface area contributed by atoms with Crippen LogP contribution in [0, 0.1) is 45.3 Å². The van der Waals surface area contributed by atoms with Gasteiger partial charge >= 0.3 is 0 Å². The smallest absolute Gasteiger partial charge is 0.104 e. The lowest BCUT2D eigenvalue weighted by Crippen LogP contribution is -2.05. The summed E-state index contributed by atoms with van der Waals surface area (Å²) < 4.78 is 4.35. The minimum atomic E-state index is 0.469. The summed E-state index contributed by atoms with van der Waals surface area (Å²) in [5.41, 5.74) is 12.7. The Morgan fingerprint density at radius 2 is 0.759 bits per heavy atom. The maximum absolute atomic E-state index is 11.4. The van der Waals surface area contributed by atoms with Gasteiger partial charge in [-0.1, -0.05) is 103 Å². The number of nitrogens with zero attached hydrogens (tertiary/aromatic N) is 6. The van der Waals surface area contributed by atoms with Crippen LogP contribution in [0.3, 0.4) is 0 Å². The fraction of sp³-hybridized carbons (Fsp3) is 0. The van der Waals surface area contributed by atoms with Gasteiger partial charge in [-0.25, -0.2) is 0 Å². The summed E-state index contributed by atoms with van der Waals surface area (Å²) in [6.45, 7) is 0. The van der Waals surface area contributed by atoms with E-state index < -0.39 is 0 Å². The molecular weight excluding hydrogens is 709 g/mol. The topological polar surface area (TPSA) is 105 Å². The van der Waals surface area contributed by atoms with Crippen molar-refractivity contribution < 1.29 is 0 Å². The molecule has 10 aromatic rings. The van der Waals surface area contributed by atoms with E-state index in [4.69, 9.17) is 0 Å². The van der Waals surface area contributed by atoms with Crippen molar-refractivity contribution in [3.05, 3.63) is 192 Å². The zero-order valence-electron chi connectivity index (χ0n) is 30.8. The molecule has 10 rings (SSSR count). The van der Waals surface area contributed by atoms with E-state index in [9.17, 15) is 21.0 Å². The van der Waals surface area contributed by atoms with Crippen molar-refractivity contribution in [2.75, 3.05) is 0 Å². The Balaban J connectivity index is 1.33. The summed E-state index contributed by atoms with van der Waals surface area (Å²) in [5, 5.41) is 44.8. The first-order chi connectivity index (χ1) is 28.6. The van der Waals surface area contributed by atoms with E-state index in [1.165, 1.54) is 0 Å². The van der Waals surface area contributed by atoms with Gasteiger partial charge < -0.3 is 9.13 Å². The van der Waals surface area contributed by atoms with Gasteiger partial charge in [0.25, 0.3) is 0 Å². The van der Waals surface area contributed by atoms with Crippen LogP contribution in [-0.4, -0.2) is 9.13 Å². The van der Waals surface area contributed by atoms with Gasteiger partial charge in [-0.05, 0) is 100 Å². The number of para-hydroxylation sites is 2. The Morgan fingerprint density at radius 3 is 1.22 bits per heavy atom. The third-order valence-corrected chi connectivity index (χ3v) is 11.1. The minimum Gasteiger partial charge on any atom is -0.308 e. The fourth-order valence-corrected chi connectivity index (χ4v) is 8.36. The third-order valence-electron chi connectivity index (χ3n) is 11.1. The van der Waals surface area contributed by atoms with E-state index in [1.807, 2.05) is 109 Å². The van der Waals surface area contributed by atoms with Crippen LogP contribution in [0.15, 0.2) is 170 Å². The van der Waals surface area contributed by atoms with E-state index in [-0.39, 0.29) is 0 Å². The molecule has 0 aliphatic carbocycles. The summed E-state index contributed by atoms with van der Waals surface area (Å²) in [7, 11) is 0. The van der Waals surface area contributed by atoms with Gasteiger partial charge in [-0.2, -0.15) is 21.0 Å². The molecule has 0 saturated carbocycles. The summed E-state index contributed by atoms with van der Waals surface area (Å²) >= 11 is 0. The molecule has 0 aliphatic heterocycles. The molecule has 0 amide bonds. The monoisotopic (exact) mass is 736 g/mol. The molecule has 0 aliphatic rings. The second kappa shape index (κ2) is 13.6. The second-order valence-electron chi connectivity index (χ2n) is 14.2. The zero-order valence-corrected chi connectivity index (χ0v) is 30.8. The SMILES string of the molecule is N#Cc1ccc(-c2ccc3c4ccccc4n(-c4cc(-c5ccccc5C#N)cc(-n5c6ccccc6c6ccc(-c7ccc(C#N)cc7)cc65)c4C#N)c3c2)cc1. The van der Waals surface area contributed by atoms with Gasteiger partial charge in [0.15, 0.2) is 0 Å². The molecule has 6 heteroatoms. The predicted octanol–water partition coefficient (Wildman–Crippen LogP) is 12.4. The van der Waals surface area contributed by atoms with Crippen LogP contribution in [-0.2, 0) is 0 Å². The first-order valence-electron chi connectivity index (χ1n) is 18.7. The van der Waals surface area contributed by atoms with Crippen LogP contribution in [0.5, 0.6) is 0 Å². The summed E-state index contributed by atoms with van der Waals surface area (Å²) in [4.78, 5) is 0. The highest BCUT2D eigenvalue weighted by Crippen LogP contribution is 2.42. The van der Waals surface area contributed by atoms with Crippen molar-refractivity contribution >= 4 is 43.6 Å². The van der Waals surface area contributed by atoms with Crippen molar-refractivity contribution in [1.82, 2.24) is 9.13 Å². The lowest BCUT2D eigenvalue weighted by molar-refractivity contribution is 1.12. The molecule has 0 bridgehead atoms. The molecule has 58 heavy (non-hydrogen) atoms. The third kappa shape index (κ3) is 5.31. The molecule has 266 valence electrons. The van der Waals surface area contributed by atoms with E-state index in [2.05, 4.69) is 94.1 Å². The molecule has 0 unspecified atom stereocenters. The molecule has 0 fully saturated rings. The van der Waals surface area contributed by atoms with Gasteiger partial charge in [-0.3, -0.25) is 0 Å². The van der Waals surface area contributed by atoms with Crippen LogP contribution in [0.4, 0.5) is 0 Å². The fourth-order valence-electron chi connectivity index (χ4n) is 8.36. The Bertz CT molecular complexity index is 3290. The van der Waals surface area contributed by atoms with Crippen LogP contribution < -0.4 is 0 Å². The summed E-state index contributed by atoms with van der Waals surface area (Å²) in [5.74, 6) is 0. The first kappa shape index (κ1) is 33.9. The Hall–Kier alpha value is -8.68. The van der Waals surface area contributed by atoms with Crippen LogP contribution in [0.2, 0.25) is 0 Å². The van der Waals surface area contributed by atoms with E-state index in [0.29, 0.717) is 33.6 Å². The lowest BCUT2D eigenvalue weighted by atomic mass is 9.96. The Kier molecular flexibility index (Phi) is 7.92. The quantitative estimate of drug-likeness (QED) is 0.175. The van der Waals surface area contributed by atoms with Gasteiger partial charge in [0.2, 0.25) is 0 Å². The average Bonchev–Trinajstić information content (AvgIpc) is 3.80.